The van der Waals surface area contributed by atoms with Crippen molar-refractivity contribution in [3.63, 3.8) is 0 Å². The zero-order chi connectivity index (χ0) is 29.3. The standard InChI is InChI=1S/C31H30ClFN6O4/c32-21-6-4-19(25(33)16-21)14-22-2-1-3-29(34-22)42-23-8-11-38(12-9-23)18-28-35-26-15-20(30-36-31(40)43-37-30)5-7-27(26)39(28)17-24-10-13-41-24/h1-7,15-16,23-24H,8-14,17-18H2,(H,36,37,40). The van der Waals surface area contributed by atoms with Gasteiger partial charge in [-0.2, -0.15) is 0 Å². The summed E-state index contributed by atoms with van der Waals surface area (Å²) in [5.74, 6) is 0.974. The molecule has 0 bridgehead atoms. The summed E-state index contributed by atoms with van der Waals surface area (Å²) in [6.07, 6.45) is 3.33. The third-order valence-corrected chi connectivity index (χ3v) is 8.31. The molecule has 2 saturated heterocycles. The van der Waals surface area contributed by atoms with Crippen LogP contribution in [0.4, 0.5) is 4.39 Å². The number of nitrogens with zero attached hydrogens (tertiary/aromatic N) is 5. The smallest absolute Gasteiger partial charge is 0.439 e. The summed E-state index contributed by atoms with van der Waals surface area (Å²) in [7, 11) is 0. The SMILES string of the molecule is O=c1[nH]c(-c2ccc3c(c2)nc(CN2CCC(Oc4cccc(Cc5ccc(Cl)cc5F)n4)CC2)n3CC2CCO2)no1. The second kappa shape index (κ2) is 11.9. The van der Waals surface area contributed by atoms with Crippen molar-refractivity contribution < 1.29 is 18.4 Å². The van der Waals surface area contributed by atoms with Crippen LogP contribution < -0.4 is 10.5 Å². The molecule has 0 spiro atoms. The number of fused-ring (bicyclic) bond motifs is 1. The Bertz CT molecular complexity index is 1810. The predicted molar refractivity (Wildman–Crippen MR) is 158 cm³/mol. The zero-order valence-corrected chi connectivity index (χ0v) is 24.1. The number of H-pyrrole nitrogens is 1. The maximum atomic E-state index is 14.3. The minimum absolute atomic E-state index is 0.0423. The van der Waals surface area contributed by atoms with Crippen molar-refractivity contribution >= 4 is 22.6 Å². The van der Waals surface area contributed by atoms with E-state index in [1.807, 2.05) is 36.4 Å². The molecular weight excluding hydrogens is 575 g/mol. The summed E-state index contributed by atoms with van der Waals surface area (Å²) >= 11 is 5.89. The van der Waals surface area contributed by atoms with Crippen LogP contribution in [0.15, 0.2) is 63.9 Å². The highest BCUT2D eigenvalue weighted by Crippen LogP contribution is 2.27. The molecule has 2 aromatic carbocycles. The van der Waals surface area contributed by atoms with Crippen molar-refractivity contribution in [2.24, 2.45) is 0 Å². The molecular formula is C31H30ClFN6O4. The lowest BCUT2D eigenvalue weighted by molar-refractivity contribution is -0.0592. The first-order chi connectivity index (χ1) is 21.0. The fourth-order valence-corrected chi connectivity index (χ4v) is 5.83. The number of benzene rings is 2. The number of imidazole rings is 1. The van der Waals surface area contributed by atoms with Gasteiger partial charge >= 0.3 is 5.76 Å². The highest BCUT2D eigenvalue weighted by atomic mass is 35.5. The average Bonchev–Trinajstić information content (AvgIpc) is 3.56. The van der Waals surface area contributed by atoms with Gasteiger partial charge in [0.25, 0.3) is 0 Å². The number of rotatable bonds is 9. The molecule has 3 aromatic heterocycles. The maximum Gasteiger partial charge on any atom is 0.439 e. The minimum atomic E-state index is -0.590. The van der Waals surface area contributed by atoms with Crippen molar-refractivity contribution in [3.05, 3.63) is 93.1 Å². The molecule has 222 valence electrons. The van der Waals surface area contributed by atoms with Crippen LogP contribution in [0.2, 0.25) is 5.02 Å². The number of aromatic amines is 1. The Morgan fingerprint density at radius 3 is 2.67 bits per heavy atom. The number of aromatic nitrogens is 5. The molecule has 2 aliphatic heterocycles. The summed E-state index contributed by atoms with van der Waals surface area (Å²) in [6.45, 7) is 3.95. The van der Waals surface area contributed by atoms with E-state index in [1.54, 1.807) is 12.1 Å². The van der Waals surface area contributed by atoms with E-state index in [1.165, 1.54) is 6.07 Å². The Labute approximate surface area is 251 Å². The summed E-state index contributed by atoms with van der Waals surface area (Å²) in [6, 6.07) is 16.2. The molecule has 0 amide bonds. The maximum absolute atomic E-state index is 14.3. The van der Waals surface area contributed by atoms with Crippen molar-refractivity contribution in [2.75, 3.05) is 19.7 Å². The Hall–Kier alpha value is -4.06. The lowest BCUT2D eigenvalue weighted by Crippen LogP contribution is -2.39. The molecule has 5 aromatic rings. The second-order valence-electron chi connectivity index (χ2n) is 11.0. The molecule has 1 unspecified atom stereocenters. The van der Waals surface area contributed by atoms with Gasteiger partial charge in [-0.3, -0.25) is 14.4 Å². The van der Waals surface area contributed by atoms with Gasteiger partial charge in [0, 0.05) is 48.5 Å². The van der Waals surface area contributed by atoms with E-state index in [9.17, 15) is 9.18 Å². The van der Waals surface area contributed by atoms with Crippen molar-refractivity contribution in [2.45, 2.75) is 51.0 Å². The van der Waals surface area contributed by atoms with Gasteiger partial charge in [0.05, 0.1) is 30.2 Å². The molecule has 2 aliphatic rings. The zero-order valence-electron chi connectivity index (χ0n) is 23.3. The first-order valence-electron chi connectivity index (χ1n) is 14.4. The fourth-order valence-electron chi connectivity index (χ4n) is 5.68. The average molecular weight is 605 g/mol. The molecule has 1 atom stereocenters. The van der Waals surface area contributed by atoms with Crippen LogP contribution in [0.25, 0.3) is 22.4 Å². The van der Waals surface area contributed by atoms with Crippen LogP contribution in [0, 0.1) is 5.82 Å². The highest BCUT2D eigenvalue weighted by Gasteiger charge is 2.26. The van der Waals surface area contributed by atoms with Gasteiger partial charge in [0.1, 0.15) is 17.7 Å². The summed E-state index contributed by atoms with van der Waals surface area (Å²) in [5, 5.41) is 4.18. The lowest BCUT2D eigenvalue weighted by atomic mass is 10.1. The summed E-state index contributed by atoms with van der Waals surface area (Å²) in [5.41, 5.74) is 3.87. The number of ether oxygens (including phenoxy) is 2. The first-order valence-corrected chi connectivity index (χ1v) is 14.8. The molecule has 10 nitrogen and oxygen atoms in total. The van der Waals surface area contributed by atoms with Crippen LogP contribution >= 0.6 is 11.6 Å². The number of hydrogen-bond donors (Lipinski definition) is 1. The first kappa shape index (κ1) is 27.8. The molecule has 2 fully saturated rings. The van der Waals surface area contributed by atoms with Gasteiger partial charge in [-0.15, -0.1) is 0 Å². The molecule has 7 rings (SSSR count). The van der Waals surface area contributed by atoms with Crippen molar-refractivity contribution in [1.29, 1.82) is 0 Å². The highest BCUT2D eigenvalue weighted by molar-refractivity contribution is 6.30. The van der Waals surface area contributed by atoms with Gasteiger partial charge in [0.15, 0.2) is 5.82 Å². The van der Waals surface area contributed by atoms with E-state index in [2.05, 4.69) is 29.1 Å². The van der Waals surface area contributed by atoms with E-state index >= 15 is 0 Å². The third-order valence-electron chi connectivity index (χ3n) is 8.08. The van der Waals surface area contributed by atoms with Gasteiger partial charge in [-0.1, -0.05) is 28.9 Å². The fraction of sp³-hybridized carbons (Fsp3) is 0.355. The molecule has 1 N–H and O–H groups in total. The topological polar surface area (TPSA) is 111 Å². The van der Waals surface area contributed by atoms with Crippen LogP contribution in [-0.2, 0) is 24.2 Å². The molecule has 0 aliphatic carbocycles. The van der Waals surface area contributed by atoms with Crippen LogP contribution in [0.1, 0.15) is 36.3 Å². The van der Waals surface area contributed by atoms with E-state index < -0.39 is 5.76 Å². The number of likely N-dealkylation sites (tertiary alicyclic amines) is 1. The van der Waals surface area contributed by atoms with Gasteiger partial charge in [0.2, 0.25) is 5.88 Å². The van der Waals surface area contributed by atoms with Gasteiger partial charge < -0.3 is 14.0 Å². The Balaban J connectivity index is 1.01. The molecule has 43 heavy (non-hydrogen) atoms. The summed E-state index contributed by atoms with van der Waals surface area (Å²) < 4.78 is 33.2. The number of halogens is 2. The van der Waals surface area contributed by atoms with E-state index in [4.69, 9.17) is 26.1 Å². The number of nitrogens with one attached hydrogen (secondary N) is 1. The van der Waals surface area contributed by atoms with Crippen molar-refractivity contribution in [1.82, 2.24) is 29.6 Å². The Morgan fingerprint density at radius 1 is 1.07 bits per heavy atom. The Kier molecular flexibility index (Phi) is 7.69. The number of pyridine rings is 1. The number of hydrogen-bond acceptors (Lipinski definition) is 8. The summed E-state index contributed by atoms with van der Waals surface area (Å²) in [4.78, 5) is 26.1. The molecule has 5 heterocycles. The van der Waals surface area contributed by atoms with Crippen LogP contribution in [-0.4, -0.2) is 61.5 Å². The Morgan fingerprint density at radius 2 is 1.93 bits per heavy atom. The minimum Gasteiger partial charge on any atom is -0.474 e. The molecule has 0 radical (unpaired) electrons. The quantitative estimate of drug-likeness (QED) is 0.250. The predicted octanol–water partition coefficient (Wildman–Crippen LogP) is 4.99. The number of piperidine rings is 1. The van der Waals surface area contributed by atoms with Gasteiger partial charge in [-0.05, 0) is 61.2 Å². The van der Waals surface area contributed by atoms with Crippen LogP contribution in [0.5, 0.6) is 5.88 Å². The monoisotopic (exact) mass is 604 g/mol. The second-order valence-corrected chi connectivity index (χ2v) is 11.5. The normalized spacial score (nSPS) is 17.8. The molecule has 12 heteroatoms. The third kappa shape index (κ3) is 6.20. The largest absolute Gasteiger partial charge is 0.474 e. The van der Waals surface area contributed by atoms with E-state index in [-0.39, 0.29) is 18.0 Å². The molecule has 0 saturated carbocycles. The van der Waals surface area contributed by atoms with Crippen molar-refractivity contribution in [3.8, 4) is 17.3 Å². The van der Waals surface area contributed by atoms with Gasteiger partial charge in [-0.25, -0.2) is 19.2 Å². The lowest BCUT2D eigenvalue weighted by Gasteiger charge is -2.32. The van der Waals surface area contributed by atoms with Crippen LogP contribution in [0.3, 0.4) is 0 Å². The van der Waals surface area contributed by atoms with E-state index in [0.717, 1.165) is 73.6 Å². The van der Waals surface area contributed by atoms with E-state index in [0.29, 0.717) is 35.3 Å².